The van der Waals surface area contributed by atoms with Crippen molar-refractivity contribution in [2.45, 2.75) is 18.9 Å². The minimum absolute atomic E-state index is 0.0856. The third-order valence-corrected chi connectivity index (χ3v) is 1.12. The predicted molar refractivity (Wildman–Crippen MR) is 31.9 cm³/mol. The molecule has 0 amide bonds. The molecule has 0 rings (SSSR count). The van der Waals surface area contributed by atoms with Gasteiger partial charge in [0.1, 0.15) is 5.54 Å². The predicted octanol–water partition coefficient (Wildman–Crippen LogP) is -0.829. The molecule has 4 nitrogen and oxygen atoms in total. The maximum absolute atomic E-state index is 10.2. The summed E-state index contributed by atoms with van der Waals surface area (Å²) in [5, 5.41) is 16.6. The van der Waals surface area contributed by atoms with Gasteiger partial charge < -0.3 is 15.9 Å². The molecule has 1 atom stereocenters. The molecular formula is C5H11NO3. The van der Waals surface area contributed by atoms with Crippen LogP contribution in [0.2, 0.25) is 0 Å². The van der Waals surface area contributed by atoms with E-state index in [2.05, 4.69) is 0 Å². The lowest BCUT2D eigenvalue weighted by molar-refractivity contribution is -0.143. The second kappa shape index (κ2) is 2.80. The molecule has 4 N–H and O–H groups in total. The van der Waals surface area contributed by atoms with Gasteiger partial charge in [0, 0.05) is 6.61 Å². The fourth-order valence-corrected chi connectivity index (χ4v) is 0.339. The molecule has 0 spiro atoms. The van der Waals surface area contributed by atoms with E-state index in [1.807, 2.05) is 0 Å². The molecular weight excluding hydrogens is 122 g/mol. The highest BCUT2D eigenvalue weighted by Gasteiger charge is 2.26. The lowest BCUT2D eigenvalue weighted by Gasteiger charge is -2.16. The van der Waals surface area contributed by atoms with Crippen molar-refractivity contribution in [3.05, 3.63) is 0 Å². The van der Waals surface area contributed by atoms with Crippen molar-refractivity contribution in [2.75, 3.05) is 6.61 Å². The molecule has 0 aromatic carbocycles. The van der Waals surface area contributed by atoms with Crippen LogP contribution in [-0.2, 0) is 4.79 Å². The number of nitrogens with two attached hydrogens (primary N) is 1. The van der Waals surface area contributed by atoms with E-state index >= 15 is 0 Å². The van der Waals surface area contributed by atoms with Crippen LogP contribution in [0.1, 0.15) is 13.3 Å². The third kappa shape index (κ3) is 2.43. The van der Waals surface area contributed by atoms with Crippen LogP contribution in [0.25, 0.3) is 0 Å². The number of carboxylic acids is 1. The van der Waals surface area contributed by atoms with Gasteiger partial charge >= 0.3 is 5.97 Å². The summed E-state index contributed by atoms with van der Waals surface area (Å²) in [6.07, 6.45) is 0.0856. The average molecular weight is 133 g/mol. The van der Waals surface area contributed by atoms with Gasteiger partial charge in [-0.2, -0.15) is 0 Å². The van der Waals surface area contributed by atoms with E-state index in [0.29, 0.717) is 0 Å². The van der Waals surface area contributed by atoms with Gasteiger partial charge in [-0.1, -0.05) is 0 Å². The normalized spacial score (nSPS) is 16.8. The van der Waals surface area contributed by atoms with Crippen LogP contribution in [-0.4, -0.2) is 28.3 Å². The minimum atomic E-state index is -1.28. The lowest BCUT2D eigenvalue weighted by atomic mass is 10.0. The van der Waals surface area contributed by atoms with E-state index in [4.69, 9.17) is 15.9 Å². The molecule has 54 valence electrons. The molecule has 0 heterocycles. The molecule has 0 unspecified atom stereocenters. The van der Waals surface area contributed by atoms with Crippen LogP contribution in [0.3, 0.4) is 0 Å². The summed E-state index contributed by atoms with van der Waals surface area (Å²) >= 11 is 0. The summed E-state index contributed by atoms with van der Waals surface area (Å²) in [6, 6.07) is 0. The zero-order valence-electron chi connectivity index (χ0n) is 5.29. The van der Waals surface area contributed by atoms with E-state index in [1.54, 1.807) is 0 Å². The van der Waals surface area contributed by atoms with E-state index in [-0.39, 0.29) is 13.0 Å². The molecule has 0 radical (unpaired) electrons. The van der Waals surface area contributed by atoms with Gasteiger partial charge in [-0.05, 0) is 13.3 Å². The quantitative estimate of drug-likeness (QED) is 0.469. The lowest BCUT2D eigenvalue weighted by Crippen LogP contribution is -2.45. The topological polar surface area (TPSA) is 83.5 Å². The Bertz CT molecular complexity index is 111. The summed E-state index contributed by atoms with van der Waals surface area (Å²) in [5.41, 5.74) is 3.93. The highest BCUT2D eigenvalue weighted by molar-refractivity contribution is 5.77. The SMILES string of the molecule is C[C@@](N)(CCO)C(=O)O. The van der Waals surface area contributed by atoms with Crippen LogP contribution in [0.4, 0.5) is 0 Å². The summed E-state index contributed by atoms with van der Waals surface area (Å²) in [6.45, 7) is 1.17. The molecule has 0 aliphatic heterocycles. The first-order valence-corrected chi connectivity index (χ1v) is 2.64. The maximum Gasteiger partial charge on any atom is 0.323 e. The number of hydrogen-bond donors (Lipinski definition) is 3. The van der Waals surface area contributed by atoms with Crippen LogP contribution < -0.4 is 5.73 Å². The fourth-order valence-electron chi connectivity index (χ4n) is 0.339. The smallest absolute Gasteiger partial charge is 0.323 e. The Balaban J connectivity index is 3.85. The number of rotatable bonds is 3. The molecule has 0 saturated carbocycles. The highest BCUT2D eigenvalue weighted by Crippen LogP contribution is 2.03. The van der Waals surface area contributed by atoms with Crippen LogP contribution in [0.5, 0.6) is 0 Å². The fraction of sp³-hybridized carbons (Fsp3) is 0.800. The summed E-state index contributed by atoms with van der Waals surface area (Å²) in [5.74, 6) is -1.09. The van der Waals surface area contributed by atoms with E-state index in [9.17, 15) is 4.79 Å². The molecule has 4 heteroatoms. The largest absolute Gasteiger partial charge is 0.480 e. The first-order valence-electron chi connectivity index (χ1n) is 2.64. The molecule has 0 fully saturated rings. The number of aliphatic carboxylic acids is 1. The van der Waals surface area contributed by atoms with Crippen LogP contribution in [0.15, 0.2) is 0 Å². The van der Waals surface area contributed by atoms with Crippen molar-refractivity contribution in [1.29, 1.82) is 0 Å². The van der Waals surface area contributed by atoms with E-state index < -0.39 is 11.5 Å². The Labute approximate surface area is 53.3 Å². The summed E-state index contributed by atoms with van der Waals surface area (Å²) in [7, 11) is 0. The first-order chi connectivity index (χ1) is 4.00. The number of carboxylic acid groups (broad SMARTS) is 1. The van der Waals surface area contributed by atoms with Gasteiger partial charge in [0.05, 0.1) is 0 Å². The second-order valence-corrected chi connectivity index (χ2v) is 2.20. The molecule has 0 bridgehead atoms. The van der Waals surface area contributed by atoms with Crippen LogP contribution in [0, 0.1) is 0 Å². The standard InChI is InChI=1S/C5H11NO3/c1-5(6,2-3-7)4(8)9/h7H,2-3,6H2,1H3,(H,8,9)/t5-/m1/s1. The number of aliphatic hydroxyl groups excluding tert-OH is 1. The average Bonchev–Trinajstić information content (AvgIpc) is 1.65. The number of aliphatic hydroxyl groups is 1. The zero-order chi connectivity index (χ0) is 7.49. The highest BCUT2D eigenvalue weighted by atomic mass is 16.4. The number of carbonyl (C=O) groups is 1. The van der Waals surface area contributed by atoms with Gasteiger partial charge in [-0.15, -0.1) is 0 Å². The van der Waals surface area contributed by atoms with Crippen molar-refractivity contribution >= 4 is 5.97 Å². The minimum Gasteiger partial charge on any atom is -0.480 e. The molecule has 0 saturated heterocycles. The molecule has 0 aromatic rings. The van der Waals surface area contributed by atoms with Gasteiger partial charge in [0.15, 0.2) is 0 Å². The Kier molecular flexibility index (Phi) is 2.61. The van der Waals surface area contributed by atoms with E-state index in [0.717, 1.165) is 0 Å². The van der Waals surface area contributed by atoms with Crippen molar-refractivity contribution in [2.24, 2.45) is 5.73 Å². The monoisotopic (exact) mass is 133 g/mol. The van der Waals surface area contributed by atoms with Crippen molar-refractivity contribution in [3.63, 3.8) is 0 Å². The maximum atomic E-state index is 10.2. The Hall–Kier alpha value is -0.610. The Morgan fingerprint density at radius 3 is 2.33 bits per heavy atom. The third-order valence-electron chi connectivity index (χ3n) is 1.12. The van der Waals surface area contributed by atoms with Crippen molar-refractivity contribution in [3.8, 4) is 0 Å². The summed E-state index contributed by atoms with van der Waals surface area (Å²) < 4.78 is 0. The Morgan fingerprint density at radius 2 is 2.22 bits per heavy atom. The molecule has 9 heavy (non-hydrogen) atoms. The van der Waals surface area contributed by atoms with Gasteiger partial charge in [0.2, 0.25) is 0 Å². The van der Waals surface area contributed by atoms with Crippen LogP contribution >= 0.6 is 0 Å². The summed E-state index contributed by atoms with van der Waals surface area (Å²) in [4.78, 5) is 10.2. The zero-order valence-corrected chi connectivity index (χ0v) is 5.29. The Morgan fingerprint density at radius 1 is 1.78 bits per heavy atom. The van der Waals surface area contributed by atoms with Gasteiger partial charge in [0.25, 0.3) is 0 Å². The molecule has 0 aliphatic carbocycles. The first kappa shape index (κ1) is 8.39. The van der Waals surface area contributed by atoms with Crippen molar-refractivity contribution < 1.29 is 15.0 Å². The molecule has 0 aliphatic rings. The van der Waals surface area contributed by atoms with E-state index in [1.165, 1.54) is 6.92 Å². The van der Waals surface area contributed by atoms with Gasteiger partial charge in [-0.3, -0.25) is 4.79 Å². The van der Waals surface area contributed by atoms with Crippen molar-refractivity contribution in [1.82, 2.24) is 0 Å². The number of hydrogen-bond acceptors (Lipinski definition) is 3. The van der Waals surface area contributed by atoms with Gasteiger partial charge in [-0.25, -0.2) is 0 Å². The second-order valence-electron chi connectivity index (χ2n) is 2.20. The molecule has 0 aromatic heterocycles.